The SMILES string of the molecule is CCOCCOCCNC(=O)CC1CCc2c(sc(NC(=O)C(=O)O)c2C(=O)O)C1. The van der Waals surface area contributed by atoms with Crippen molar-refractivity contribution in [3.05, 3.63) is 16.0 Å². The first-order valence-corrected chi connectivity index (χ1v) is 10.5. The third-order valence-corrected chi connectivity index (χ3v) is 5.79. The molecule has 0 aliphatic heterocycles. The number of carbonyl (C=O) groups excluding carboxylic acids is 2. The molecule has 1 unspecified atom stereocenters. The number of aromatic carboxylic acids is 1. The second kappa shape index (κ2) is 11.6. The number of anilines is 1. The Kier molecular flexibility index (Phi) is 9.21. The number of ether oxygens (including phenoxy) is 2. The standard InChI is InChI=1S/C19H26N2O8S/c1-2-28-7-8-29-6-5-20-14(22)10-11-3-4-12-13(9-11)30-17(15(12)18(24)25)21-16(23)19(26)27/h11H,2-10H2,1H3,(H,20,22)(H,21,23)(H,24,25)(H,26,27). The molecule has 0 aromatic carbocycles. The fourth-order valence-corrected chi connectivity index (χ4v) is 4.61. The molecular formula is C19H26N2O8S. The van der Waals surface area contributed by atoms with Gasteiger partial charge in [-0.2, -0.15) is 0 Å². The predicted molar refractivity (Wildman–Crippen MR) is 108 cm³/mol. The van der Waals surface area contributed by atoms with Crippen LogP contribution in [0.25, 0.3) is 0 Å². The quantitative estimate of drug-likeness (QED) is 0.294. The fraction of sp³-hybridized carbons (Fsp3) is 0.579. The number of hydrogen-bond acceptors (Lipinski definition) is 7. The van der Waals surface area contributed by atoms with E-state index in [4.69, 9.17) is 14.6 Å². The summed E-state index contributed by atoms with van der Waals surface area (Å²) < 4.78 is 10.5. The minimum absolute atomic E-state index is 0.0224. The van der Waals surface area contributed by atoms with Crippen molar-refractivity contribution in [2.24, 2.45) is 5.92 Å². The molecule has 1 heterocycles. The zero-order valence-electron chi connectivity index (χ0n) is 16.7. The summed E-state index contributed by atoms with van der Waals surface area (Å²) in [6.07, 6.45) is 1.89. The van der Waals surface area contributed by atoms with Gasteiger partial charge in [0.2, 0.25) is 5.91 Å². The van der Waals surface area contributed by atoms with Crippen molar-refractivity contribution in [1.29, 1.82) is 0 Å². The normalized spacial score (nSPS) is 15.3. The smallest absolute Gasteiger partial charge is 0.394 e. The van der Waals surface area contributed by atoms with Crippen LogP contribution in [0.3, 0.4) is 0 Å². The topological polar surface area (TPSA) is 151 Å². The van der Waals surface area contributed by atoms with Gasteiger partial charge in [-0.05, 0) is 37.7 Å². The van der Waals surface area contributed by atoms with Crippen molar-refractivity contribution in [3.63, 3.8) is 0 Å². The maximum atomic E-state index is 12.2. The lowest BCUT2D eigenvalue weighted by molar-refractivity contribution is -0.147. The van der Waals surface area contributed by atoms with Crippen molar-refractivity contribution in [2.75, 3.05) is 38.3 Å². The maximum absolute atomic E-state index is 12.2. The molecule has 0 bridgehead atoms. The molecule has 0 saturated heterocycles. The largest absolute Gasteiger partial charge is 0.478 e. The number of carboxylic acid groups (broad SMARTS) is 2. The van der Waals surface area contributed by atoms with Crippen molar-refractivity contribution in [3.8, 4) is 0 Å². The highest BCUT2D eigenvalue weighted by Crippen LogP contribution is 2.40. The van der Waals surface area contributed by atoms with Crippen LogP contribution in [0, 0.1) is 5.92 Å². The average Bonchev–Trinajstić information content (AvgIpc) is 3.04. The van der Waals surface area contributed by atoms with Gasteiger partial charge in [0, 0.05) is 24.4 Å². The van der Waals surface area contributed by atoms with Gasteiger partial charge in [-0.15, -0.1) is 11.3 Å². The molecule has 0 spiro atoms. The Hall–Kier alpha value is -2.50. The average molecular weight is 442 g/mol. The Morgan fingerprint density at radius 2 is 1.87 bits per heavy atom. The molecule has 0 fully saturated rings. The third-order valence-electron chi connectivity index (χ3n) is 4.62. The fourth-order valence-electron chi connectivity index (χ4n) is 3.26. The van der Waals surface area contributed by atoms with Crippen LogP contribution < -0.4 is 10.6 Å². The third kappa shape index (κ3) is 6.78. The molecule has 0 saturated carbocycles. The van der Waals surface area contributed by atoms with E-state index >= 15 is 0 Å². The Bertz CT molecular complexity index is 792. The van der Waals surface area contributed by atoms with Gasteiger partial charge >= 0.3 is 17.8 Å². The van der Waals surface area contributed by atoms with Gasteiger partial charge < -0.3 is 30.3 Å². The lowest BCUT2D eigenvalue weighted by Crippen LogP contribution is -2.30. The summed E-state index contributed by atoms with van der Waals surface area (Å²) in [4.78, 5) is 46.7. The van der Waals surface area contributed by atoms with E-state index in [9.17, 15) is 24.3 Å². The van der Waals surface area contributed by atoms with E-state index in [1.165, 1.54) is 0 Å². The van der Waals surface area contributed by atoms with Crippen LogP contribution in [0.5, 0.6) is 0 Å². The number of carbonyl (C=O) groups is 4. The van der Waals surface area contributed by atoms with Gasteiger partial charge in [0.05, 0.1) is 25.4 Å². The molecule has 2 rings (SSSR count). The summed E-state index contributed by atoms with van der Waals surface area (Å²) in [5.41, 5.74) is 0.546. The zero-order valence-corrected chi connectivity index (χ0v) is 17.5. The summed E-state index contributed by atoms with van der Waals surface area (Å²) in [5, 5.41) is 23.2. The van der Waals surface area contributed by atoms with Crippen LogP contribution in [-0.4, -0.2) is 66.9 Å². The van der Waals surface area contributed by atoms with Crippen molar-refractivity contribution in [1.82, 2.24) is 5.32 Å². The molecule has 10 nitrogen and oxygen atoms in total. The van der Waals surface area contributed by atoms with Crippen molar-refractivity contribution in [2.45, 2.75) is 32.6 Å². The lowest BCUT2D eigenvalue weighted by atomic mass is 9.85. The first kappa shape index (κ1) is 23.8. The molecule has 30 heavy (non-hydrogen) atoms. The number of amides is 2. The van der Waals surface area contributed by atoms with Crippen molar-refractivity contribution >= 4 is 40.1 Å². The summed E-state index contributed by atoms with van der Waals surface area (Å²) in [6, 6.07) is 0. The maximum Gasteiger partial charge on any atom is 0.394 e. The molecular weight excluding hydrogens is 416 g/mol. The van der Waals surface area contributed by atoms with Crippen LogP contribution in [0.4, 0.5) is 5.00 Å². The van der Waals surface area contributed by atoms with Crippen molar-refractivity contribution < 1.29 is 38.9 Å². The summed E-state index contributed by atoms with van der Waals surface area (Å²) in [5.74, 6) is -4.25. The highest BCUT2D eigenvalue weighted by molar-refractivity contribution is 7.17. The summed E-state index contributed by atoms with van der Waals surface area (Å²) >= 11 is 1.06. The zero-order chi connectivity index (χ0) is 22.1. The number of nitrogens with one attached hydrogen (secondary N) is 2. The van der Waals surface area contributed by atoms with Gasteiger partial charge in [-0.25, -0.2) is 9.59 Å². The monoisotopic (exact) mass is 442 g/mol. The Balaban J connectivity index is 1.87. The van der Waals surface area contributed by atoms with Crippen LogP contribution >= 0.6 is 11.3 Å². The van der Waals surface area contributed by atoms with E-state index < -0.39 is 17.8 Å². The predicted octanol–water partition coefficient (Wildman–Crippen LogP) is 1.13. The molecule has 0 radical (unpaired) electrons. The molecule has 2 amide bonds. The van der Waals surface area contributed by atoms with Crippen LogP contribution in [0.15, 0.2) is 0 Å². The number of rotatable bonds is 11. The van der Waals surface area contributed by atoms with E-state index in [0.29, 0.717) is 64.2 Å². The Morgan fingerprint density at radius 3 is 2.53 bits per heavy atom. The minimum atomic E-state index is -1.69. The summed E-state index contributed by atoms with van der Waals surface area (Å²) in [7, 11) is 0. The molecule has 1 aliphatic rings. The highest BCUT2D eigenvalue weighted by atomic mass is 32.1. The summed E-state index contributed by atoms with van der Waals surface area (Å²) in [6.45, 7) is 4.32. The van der Waals surface area contributed by atoms with Gasteiger partial charge in [0.15, 0.2) is 0 Å². The number of carboxylic acids is 2. The van der Waals surface area contributed by atoms with Crippen LogP contribution in [0.1, 0.15) is 40.6 Å². The second-order valence-corrected chi connectivity index (χ2v) is 7.85. The van der Waals surface area contributed by atoms with Gasteiger partial charge in [0.25, 0.3) is 0 Å². The highest BCUT2D eigenvalue weighted by Gasteiger charge is 2.30. The first-order chi connectivity index (χ1) is 14.3. The first-order valence-electron chi connectivity index (χ1n) is 9.67. The molecule has 1 aliphatic carbocycles. The van der Waals surface area contributed by atoms with E-state index in [1.807, 2.05) is 6.92 Å². The molecule has 166 valence electrons. The molecule has 1 aromatic heterocycles. The van der Waals surface area contributed by atoms with Crippen LogP contribution in [0.2, 0.25) is 0 Å². The Labute approximate surface area is 177 Å². The molecule has 11 heteroatoms. The van der Waals surface area contributed by atoms with Gasteiger partial charge in [-0.3, -0.25) is 9.59 Å². The number of hydrogen-bond donors (Lipinski definition) is 4. The number of thiophene rings is 1. The van der Waals surface area contributed by atoms with E-state index in [-0.39, 0.29) is 22.4 Å². The van der Waals surface area contributed by atoms with E-state index in [0.717, 1.165) is 16.2 Å². The van der Waals surface area contributed by atoms with Gasteiger partial charge in [0.1, 0.15) is 5.00 Å². The molecule has 1 aromatic rings. The Morgan fingerprint density at radius 1 is 1.13 bits per heavy atom. The minimum Gasteiger partial charge on any atom is -0.478 e. The van der Waals surface area contributed by atoms with E-state index in [1.54, 1.807) is 0 Å². The van der Waals surface area contributed by atoms with Crippen LogP contribution in [-0.2, 0) is 36.7 Å². The molecule has 1 atom stereocenters. The second-order valence-electron chi connectivity index (χ2n) is 6.74. The number of aliphatic carboxylic acids is 1. The van der Waals surface area contributed by atoms with E-state index in [2.05, 4.69) is 10.6 Å². The number of fused-ring (bicyclic) bond motifs is 1. The lowest BCUT2D eigenvalue weighted by Gasteiger charge is -2.22. The molecule has 4 N–H and O–H groups in total. The van der Waals surface area contributed by atoms with Gasteiger partial charge in [-0.1, -0.05) is 0 Å².